The van der Waals surface area contributed by atoms with E-state index >= 15 is 0 Å². The number of pyridine rings is 1. The van der Waals surface area contributed by atoms with Gasteiger partial charge in [0.05, 0.1) is 57.7 Å². The van der Waals surface area contributed by atoms with Crippen molar-refractivity contribution in [1.82, 2.24) is 19.9 Å². The molecule has 9 nitrogen and oxygen atoms in total. The summed E-state index contributed by atoms with van der Waals surface area (Å²) < 4.78 is 21.9. The number of hydrogen-bond donors (Lipinski definition) is 3. The Bertz CT molecular complexity index is 1380. The zero-order chi connectivity index (χ0) is 27.1. The fraction of sp³-hybridized carbons (Fsp3) is 0.500. The Labute approximate surface area is 221 Å². The number of alkyl halides is 1. The van der Waals surface area contributed by atoms with Crippen molar-refractivity contribution in [2.24, 2.45) is 0 Å². The topological polar surface area (TPSA) is 125 Å². The largest absolute Gasteiger partial charge is 0.387 e. The quantitative estimate of drug-likeness (QED) is 0.410. The lowest BCUT2D eigenvalue weighted by Gasteiger charge is -2.53. The number of carbonyl (C=O) groups is 1. The van der Waals surface area contributed by atoms with Crippen molar-refractivity contribution in [3.05, 3.63) is 47.8 Å². The molecule has 1 amide bonds. The molecule has 38 heavy (non-hydrogen) atoms. The van der Waals surface area contributed by atoms with Crippen molar-refractivity contribution in [2.45, 2.75) is 75.3 Å². The van der Waals surface area contributed by atoms with Crippen molar-refractivity contribution < 1.29 is 19.0 Å². The van der Waals surface area contributed by atoms with Crippen LogP contribution in [0, 0.1) is 11.3 Å². The van der Waals surface area contributed by atoms with Crippen LogP contribution in [0.15, 0.2) is 36.7 Å². The molecule has 1 atom stereocenters. The van der Waals surface area contributed by atoms with Gasteiger partial charge in [0.2, 0.25) is 0 Å². The molecule has 200 valence electrons. The van der Waals surface area contributed by atoms with Gasteiger partial charge in [-0.2, -0.15) is 10.4 Å². The highest BCUT2D eigenvalue weighted by atomic mass is 19.1. The standard InChI is InChI=1S/C28H33FN6O3/c1-26(2,37)24(29)17-32-25(36)20-16-31-22(23-5-4-19-12-18(14-30)15-33-35(19)23)13-21(20)34-27-6-9-28(38-3,10-7-27)11-8-27/h4-5,12-13,15-16,24,37H,6-11,17H2,1-3H3,(H,31,34)(H,32,36). The molecule has 1 unspecified atom stereocenters. The number of carbonyl (C=O) groups excluding carboxylic acids is 1. The number of fused-ring (bicyclic) bond motifs is 4. The minimum Gasteiger partial charge on any atom is -0.387 e. The lowest BCUT2D eigenvalue weighted by atomic mass is 9.63. The molecule has 3 saturated carbocycles. The highest BCUT2D eigenvalue weighted by Gasteiger charge is 2.49. The predicted octanol–water partition coefficient (Wildman–Crippen LogP) is 4.01. The molecule has 3 heterocycles. The second-order valence-corrected chi connectivity index (χ2v) is 11.2. The second-order valence-electron chi connectivity index (χ2n) is 11.2. The Morgan fingerprint density at radius 3 is 2.58 bits per heavy atom. The zero-order valence-corrected chi connectivity index (χ0v) is 21.9. The highest BCUT2D eigenvalue weighted by Crippen LogP contribution is 2.50. The van der Waals surface area contributed by atoms with Crippen LogP contribution >= 0.6 is 0 Å². The van der Waals surface area contributed by atoms with Crippen LogP contribution in [-0.4, -0.2) is 62.2 Å². The molecule has 3 aliphatic rings. The van der Waals surface area contributed by atoms with Gasteiger partial charge in [0.1, 0.15) is 12.2 Å². The molecule has 3 N–H and O–H groups in total. The lowest BCUT2D eigenvalue weighted by molar-refractivity contribution is -0.0889. The second kappa shape index (κ2) is 9.64. The van der Waals surface area contributed by atoms with Crippen LogP contribution in [0.3, 0.4) is 0 Å². The van der Waals surface area contributed by atoms with Crippen LogP contribution in [-0.2, 0) is 4.74 Å². The highest BCUT2D eigenvalue weighted by molar-refractivity contribution is 6.00. The number of rotatable bonds is 8. The van der Waals surface area contributed by atoms with E-state index in [-0.39, 0.29) is 17.7 Å². The van der Waals surface area contributed by atoms with E-state index in [0.717, 1.165) is 44.0 Å². The maximum Gasteiger partial charge on any atom is 0.255 e. The molecular weight excluding hydrogens is 487 g/mol. The number of aliphatic hydroxyl groups is 1. The van der Waals surface area contributed by atoms with E-state index in [1.54, 1.807) is 17.7 Å². The van der Waals surface area contributed by atoms with Gasteiger partial charge < -0.3 is 20.5 Å². The number of amides is 1. The summed E-state index contributed by atoms with van der Waals surface area (Å²) in [5.41, 5.74) is 1.66. The lowest BCUT2D eigenvalue weighted by Crippen LogP contribution is -2.54. The fourth-order valence-corrected chi connectivity index (χ4v) is 5.59. The van der Waals surface area contributed by atoms with E-state index in [2.05, 4.69) is 26.8 Å². The Morgan fingerprint density at radius 1 is 1.24 bits per heavy atom. The summed E-state index contributed by atoms with van der Waals surface area (Å²) in [5, 5.41) is 29.8. The van der Waals surface area contributed by atoms with Gasteiger partial charge in [0, 0.05) is 18.8 Å². The van der Waals surface area contributed by atoms with Crippen molar-refractivity contribution in [3.63, 3.8) is 0 Å². The molecule has 10 heteroatoms. The van der Waals surface area contributed by atoms with Gasteiger partial charge in [-0.3, -0.25) is 9.78 Å². The Morgan fingerprint density at radius 2 is 1.95 bits per heavy atom. The SMILES string of the molecule is COC12CCC(Nc3cc(-c4ccc5cc(C#N)cnn45)ncc3C(=O)NCC(F)C(C)(C)O)(CC1)CC2. The van der Waals surface area contributed by atoms with Gasteiger partial charge >= 0.3 is 0 Å². The molecule has 3 fully saturated rings. The average Bonchev–Trinajstić information content (AvgIpc) is 3.35. The number of methoxy groups -OCH3 is 1. The molecule has 3 aromatic heterocycles. The van der Waals surface area contributed by atoms with E-state index < -0.39 is 17.7 Å². The predicted molar refractivity (Wildman–Crippen MR) is 140 cm³/mol. The third-order valence-electron chi connectivity index (χ3n) is 8.26. The number of nitrogens with zero attached hydrogens (tertiary/aromatic N) is 4. The van der Waals surface area contributed by atoms with Crippen LogP contribution in [0.1, 0.15) is 68.3 Å². The number of hydrogen-bond acceptors (Lipinski definition) is 7. The summed E-state index contributed by atoms with van der Waals surface area (Å²) >= 11 is 0. The number of nitrogens with one attached hydrogen (secondary N) is 2. The van der Waals surface area contributed by atoms with Gasteiger partial charge in [0.25, 0.3) is 5.91 Å². The summed E-state index contributed by atoms with van der Waals surface area (Å²) in [6, 6.07) is 9.42. The van der Waals surface area contributed by atoms with Crippen molar-refractivity contribution in [1.29, 1.82) is 5.26 Å². The normalized spacial score (nSPS) is 23.7. The monoisotopic (exact) mass is 520 g/mol. The number of nitriles is 1. The summed E-state index contributed by atoms with van der Waals surface area (Å²) in [4.78, 5) is 17.8. The van der Waals surface area contributed by atoms with Gasteiger partial charge in [-0.05, 0) is 76.6 Å². The number of anilines is 1. The van der Waals surface area contributed by atoms with Crippen LogP contribution < -0.4 is 10.6 Å². The first-order chi connectivity index (χ1) is 18.1. The summed E-state index contributed by atoms with van der Waals surface area (Å²) in [5.74, 6) is -0.468. The molecule has 6 rings (SSSR count). The average molecular weight is 521 g/mol. The first-order valence-corrected chi connectivity index (χ1v) is 12.9. The Hall–Kier alpha value is -3.55. The maximum atomic E-state index is 14.4. The minimum atomic E-state index is -1.62. The fourth-order valence-electron chi connectivity index (χ4n) is 5.59. The van der Waals surface area contributed by atoms with E-state index in [4.69, 9.17) is 4.74 Å². The van der Waals surface area contributed by atoms with Gasteiger partial charge in [-0.15, -0.1) is 0 Å². The molecule has 3 aromatic rings. The molecule has 2 bridgehead atoms. The van der Waals surface area contributed by atoms with E-state index in [1.807, 2.05) is 18.2 Å². The van der Waals surface area contributed by atoms with Crippen molar-refractivity contribution >= 4 is 17.1 Å². The summed E-state index contributed by atoms with van der Waals surface area (Å²) in [6.45, 7) is 2.42. The van der Waals surface area contributed by atoms with E-state index in [1.165, 1.54) is 26.2 Å². The smallest absolute Gasteiger partial charge is 0.255 e. The Kier molecular flexibility index (Phi) is 6.61. The third kappa shape index (κ3) is 4.84. The summed E-state index contributed by atoms with van der Waals surface area (Å²) in [6.07, 6.45) is 6.95. The van der Waals surface area contributed by atoms with Crippen LogP contribution in [0.4, 0.5) is 10.1 Å². The molecule has 3 aliphatic carbocycles. The number of halogens is 1. The first kappa shape index (κ1) is 26.1. The van der Waals surface area contributed by atoms with Crippen LogP contribution in [0.25, 0.3) is 16.9 Å². The molecule has 0 radical (unpaired) electrons. The van der Waals surface area contributed by atoms with Gasteiger partial charge in [0.15, 0.2) is 0 Å². The number of ether oxygens (including phenoxy) is 1. The molecular formula is C28H33FN6O3. The van der Waals surface area contributed by atoms with E-state index in [9.17, 15) is 19.6 Å². The van der Waals surface area contributed by atoms with Crippen LogP contribution in [0.5, 0.6) is 0 Å². The van der Waals surface area contributed by atoms with Gasteiger partial charge in [-0.25, -0.2) is 8.91 Å². The third-order valence-corrected chi connectivity index (χ3v) is 8.26. The molecule has 0 spiro atoms. The van der Waals surface area contributed by atoms with Gasteiger partial charge in [-0.1, -0.05) is 0 Å². The Balaban J connectivity index is 1.49. The van der Waals surface area contributed by atoms with Crippen molar-refractivity contribution in [2.75, 3.05) is 19.0 Å². The maximum absolute atomic E-state index is 14.4. The molecule has 0 saturated heterocycles. The van der Waals surface area contributed by atoms with Crippen molar-refractivity contribution in [3.8, 4) is 17.5 Å². The first-order valence-electron chi connectivity index (χ1n) is 12.9. The number of aromatic nitrogens is 3. The zero-order valence-electron chi connectivity index (χ0n) is 21.9. The molecule has 0 aromatic carbocycles. The molecule has 0 aliphatic heterocycles. The van der Waals surface area contributed by atoms with E-state index in [0.29, 0.717) is 28.2 Å². The minimum absolute atomic E-state index is 0.0565. The van der Waals surface area contributed by atoms with Crippen LogP contribution in [0.2, 0.25) is 0 Å². The summed E-state index contributed by atoms with van der Waals surface area (Å²) in [7, 11) is 1.78.